The van der Waals surface area contributed by atoms with Crippen molar-refractivity contribution in [2.75, 3.05) is 5.75 Å². The summed E-state index contributed by atoms with van der Waals surface area (Å²) < 4.78 is 193. The monoisotopic (exact) mass is 650 g/mol. The summed E-state index contributed by atoms with van der Waals surface area (Å²) in [5.74, 6) is -39.8. The van der Waals surface area contributed by atoms with Gasteiger partial charge in [0.25, 0.3) is 0 Å². The van der Waals surface area contributed by atoms with Crippen molar-refractivity contribution in [2.24, 2.45) is 0 Å². The van der Waals surface area contributed by atoms with Gasteiger partial charge in [0.15, 0.2) is 9.84 Å². The highest BCUT2D eigenvalue weighted by Crippen LogP contribution is 2.60. The minimum Gasteiger partial charge on any atom is -0.224 e. The normalized spacial score (nSPS) is 15.5. The Labute approximate surface area is 185 Å². The molecule has 0 spiro atoms. The van der Waals surface area contributed by atoms with Gasteiger partial charge in [0.2, 0.25) is 0 Å². The molecule has 31 heavy (non-hydrogen) atoms. The topological polar surface area (TPSA) is 34.1 Å². The fraction of sp³-hybridized carbons (Fsp3) is 0.667. The van der Waals surface area contributed by atoms with E-state index in [0.717, 1.165) is 6.07 Å². The van der Waals surface area contributed by atoms with Crippen LogP contribution in [0.5, 0.6) is 0 Å². The Kier molecular flexibility index (Phi) is 7.58. The van der Waals surface area contributed by atoms with Crippen LogP contribution < -0.4 is 0 Å². The molecule has 1 heterocycles. The molecule has 0 aliphatic heterocycles. The number of hydrogen-bond donors (Lipinski definition) is 0. The third kappa shape index (κ3) is 4.69. The minimum absolute atomic E-state index is 0.0793. The van der Waals surface area contributed by atoms with Gasteiger partial charge in [-0.25, -0.2) is 8.42 Å². The van der Waals surface area contributed by atoms with Crippen LogP contribution in [0, 0.1) is 0 Å². The van der Waals surface area contributed by atoms with E-state index in [9.17, 15) is 65.5 Å². The van der Waals surface area contributed by atoms with Crippen LogP contribution in [0.25, 0.3) is 0 Å². The van der Waals surface area contributed by atoms with Crippen molar-refractivity contribution in [3.8, 4) is 0 Å². The zero-order valence-electron chi connectivity index (χ0n) is 13.8. The Morgan fingerprint density at radius 1 is 0.742 bits per heavy atom. The molecule has 0 N–H and O–H groups in total. The van der Waals surface area contributed by atoms with E-state index in [-0.39, 0.29) is 7.57 Å². The fourth-order valence-electron chi connectivity index (χ4n) is 1.87. The summed E-state index contributed by atoms with van der Waals surface area (Å²) in [7, 11) is -4.94. The van der Waals surface area contributed by atoms with E-state index in [1.807, 2.05) is 0 Å². The van der Waals surface area contributed by atoms with Gasteiger partial charge in [0, 0.05) is 6.42 Å². The summed E-state index contributed by atoms with van der Waals surface area (Å²) in [5, 5.41) is 0. The lowest BCUT2D eigenvalue weighted by Gasteiger charge is -2.39. The molecule has 0 saturated heterocycles. The second-order valence-corrected chi connectivity index (χ2v) is 11.6. The van der Waals surface area contributed by atoms with E-state index in [2.05, 4.69) is 31.9 Å². The molecule has 0 saturated carbocycles. The first-order valence-corrected chi connectivity index (χ1v) is 11.1. The summed E-state index contributed by atoms with van der Waals surface area (Å²) in [4.78, 5) is -0.788. The summed E-state index contributed by atoms with van der Waals surface area (Å²) in [6, 6.07) is 0.785. The number of hydrogen-bond acceptors (Lipinski definition) is 3. The lowest BCUT2D eigenvalue weighted by atomic mass is 9.93. The molecule has 0 aromatic carbocycles. The van der Waals surface area contributed by atoms with Crippen molar-refractivity contribution >= 4 is 53.0 Å². The molecule has 2 nitrogen and oxygen atoms in total. The Morgan fingerprint density at radius 2 is 1.16 bits per heavy atom. The van der Waals surface area contributed by atoms with Gasteiger partial charge in [-0.1, -0.05) is 0 Å². The SMILES string of the molecule is O=S(=O)(CCC(F)(F)C(F)(F)C(F)(F)C(F)(F)C(F)(F)C(F)(F)F)c1cc(Br)sc1Br. The molecule has 1 rings (SSSR count). The average molecular weight is 652 g/mol. The van der Waals surface area contributed by atoms with Crippen LogP contribution in [0.2, 0.25) is 0 Å². The van der Waals surface area contributed by atoms with Gasteiger partial charge >= 0.3 is 35.8 Å². The van der Waals surface area contributed by atoms with Crippen LogP contribution in [0.15, 0.2) is 18.5 Å². The molecule has 19 heteroatoms. The molecule has 1 aromatic rings. The van der Waals surface area contributed by atoms with E-state index in [1.165, 1.54) is 0 Å². The zero-order chi connectivity index (χ0) is 25.1. The Bertz CT molecular complexity index is 921. The number of thiophene rings is 1. The summed E-state index contributed by atoms with van der Waals surface area (Å²) >= 11 is 6.12. The first-order chi connectivity index (χ1) is 13.4. The predicted molar refractivity (Wildman–Crippen MR) is 87.2 cm³/mol. The molecule has 1 aromatic heterocycles. The lowest BCUT2D eigenvalue weighted by Crippen LogP contribution is -2.70. The molecule has 0 radical (unpaired) electrons. The van der Waals surface area contributed by atoms with Crippen LogP contribution in [-0.4, -0.2) is 50.0 Å². The second kappa shape index (κ2) is 8.18. The third-order valence-electron chi connectivity index (χ3n) is 3.64. The number of sulfone groups is 1. The predicted octanol–water partition coefficient (Wildman–Crippen LogP) is 7.18. The number of rotatable bonds is 8. The molecule has 0 aliphatic carbocycles. The largest absolute Gasteiger partial charge is 0.460 e. The molecule has 182 valence electrons. The first-order valence-electron chi connectivity index (χ1n) is 7.00. The van der Waals surface area contributed by atoms with E-state index >= 15 is 0 Å². The Balaban J connectivity index is 3.33. The van der Waals surface area contributed by atoms with Gasteiger partial charge in [-0.05, 0) is 37.9 Å². The van der Waals surface area contributed by atoms with Crippen molar-refractivity contribution in [1.29, 1.82) is 0 Å². The Hall–Kier alpha value is -0.300. The standard InChI is InChI=1S/C12H5Br2F13O2S2/c13-5-3-4(6(14)30-5)31(28,29)2-1-7(15,16)8(17,18)9(19,20)10(21,22)11(23,24)12(25,26)27/h3H,1-2H2. The zero-order valence-corrected chi connectivity index (χ0v) is 18.6. The molecule has 0 unspecified atom stereocenters. The van der Waals surface area contributed by atoms with Gasteiger partial charge in [-0.15, -0.1) is 11.3 Å². The van der Waals surface area contributed by atoms with Crippen molar-refractivity contribution in [3.05, 3.63) is 13.6 Å². The van der Waals surface area contributed by atoms with Crippen LogP contribution in [0.1, 0.15) is 6.42 Å². The van der Waals surface area contributed by atoms with Crippen molar-refractivity contribution < 1.29 is 65.5 Å². The molecule has 0 amide bonds. The fourth-order valence-corrected chi connectivity index (χ4v) is 7.14. The first kappa shape index (κ1) is 28.7. The maximum atomic E-state index is 13.7. The van der Waals surface area contributed by atoms with E-state index in [0.29, 0.717) is 11.3 Å². The van der Waals surface area contributed by atoms with Gasteiger partial charge in [0.1, 0.15) is 0 Å². The maximum absolute atomic E-state index is 13.7. The minimum atomic E-state index is -8.02. The number of halogens is 15. The van der Waals surface area contributed by atoms with Crippen molar-refractivity contribution in [2.45, 2.75) is 47.1 Å². The lowest BCUT2D eigenvalue weighted by molar-refractivity contribution is -0.439. The summed E-state index contributed by atoms with van der Waals surface area (Å²) in [5.41, 5.74) is 0. The summed E-state index contributed by atoms with van der Waals surface area (Å²) in [6.45, 7) is 0. The van der Waals surface area contributed by atoms with Gasteiger partial charge in [-0.3, -0.25) is 0 Å². The third-order valence-corrected chi connectivity index (χ3v) is 8.11. The molecular weight excluding hydrogens is 647 g/mol. The van der Waals surface area contributed by atoms with Gasteiger partial charge in [-0.2, -0.15) is 57.1 Å². The quantitative estimate of drug-likeness (QED) is 0.279. The smallest absolute Gasteiger partial charge is 0.224 e. The van der Waals surface area contributed by atoms with Crippen molar-refractivity contribution in [3.63, 3.8) is 0 Å². The highest BCUT2D eigenvalue weighted by Gasteiger charge is 2.90. The van der Waals surface area contributed by atoms with E-state index in [1.54, 1.807) is 0 Å². The summed E-state index contributed by atoms with van der Waals surface area (Å²) in [6.07, 6.45) is -10.3. The van der Waals surface area contributed by atoms with Gasteiger partial charge < -0.3 is 0 Å². The van der Waals surface area contributed by atoms with Gasteiger partial charge in [0.05, 0.1) is 18.2 Å². The molecule has 0 atom stereocenters. The average Bonchev–Trinajstić information content (AvgIpc) is 2.90. The highest BCUT2D eigenvalue weighted by atomic mass is 79.9. The van der Waals surface area contributed by atoms with Crippen LogP contribution in [0.4, 0.5) is 57.1 Å². The Morgan fingerprint density at radius 3 is 1.52 bits per heavy atom. The van der Waals surface area contributed by atoms with Crippen molar-refractivity contribution in [1.82, 2.24) is 0 Å². The molecule has 0 bridgehead atoms. The van der Waals surface area contributed by atoms with E-state index < -0.39 is 62.7 Å². The number of alkyl halides is 13. The van der Waals surface area contributed by atoms with Crippen LogP contribution in [0.3, 0.4) is 0 Å². The highest BCUT2D eigenvalue weighted by molar-refractivity contribution is 9.12. The second-order valence-electron chi connectivity index (χ2n) is 5.76. The molecular formula is C12H5Br2F13O2S2. The van der Waals surface area contributed by atoms with Crippen LogP contribution in [-0.2, 0) is 9.84 Å². The molecule has 0 fully saturated rings. The van der Waals surface area contributed by atoms with E-state index in [4.69, 9.17) is 0 Å². The molecule has 0 aliphatic rings. The van der Waals surface area contributed by atoms with Crippen LogP contribution >= 0.6 is 43.2 Å². The maximum Gasteiger partial charge on any atom is 0.460 e.